The Morgan fingerprint density at radius 3 is 2.13 bits per heavy atom. The third-order valence-electron chi connectivity index (χ3n) is 2.96. The number of methoxy groups -OCH3 is 3. The summed E-state index contributed by atoms with van der Waals surface area (Å²) in [6.07, 6.45) is -4.44. The number of rotatable bonds is 6. The van der Waals surface area contributed by atoms with Gasteiger partial charge >= 0.3 is 6.18 Å². The first-order valence-corrected chi connectivity index (χ1v) is 7.32. The summed E-state index contributed by atoms with van der Waals surface area (Å²) in [6.45, 7) is 0.265. The van der Waals surface area contributed by atoms with Gasteiger partial charge in [0.15, 0.2) is 22.3 Å². The molecule has 2 aromatic rings. The van der Waals surface area contributed by atoms with Crippen molar-refractivity contribution in [1.29, 1.82) is 0 Å². The second kappa shape index (κ2) is 6.95. The fourth-order valence-electron chi connectivity index (χ4n) is 1.90. The summed E-state index contributed by atoms with van der Waals surface area (Å²) in [5.41, 5.74) is -0.154. The molecule has 9 heteroatoms. The maximum absolute atomic E-state index is 12.5. The highest BCUT2D eigenvalue weighted by atomic mass is 32.1. The Hall–Kier alpha value is -2.16. The summed E-state index contributed by atoms with van der Waals surface area (Å²) in [6, 6.07) is 3.43. The van der Waals surface area contributed by atoms with Gasteiger partial charge in [-0.05, 0) is 17.7 Å². The number of halogens is 3. The average Bonchev–Trinajstić information content (AvgIpc) is 3.00. The Morgan fingerprint density at radius 1 is 1.09 bits per heavy atom. The molecule has 1 aromatic carbocycles. The molecule has 2 rings (SSSR count). The normalized spacial score (nSPS) is 11.2. The van der Waals surface area contributed by atoms with Gasteiger partial charge in [0.1, 0.15) is 0 Å². The van der Waals surface area contributed by atoms with Crippen LogP contribution in [-0.4, -0.2) is 26.3 Å². The minimum atomic E-state index is -4.44. The number of hydrogen-bond acceptors (Lipinski definition) is 6. The van der Waals surface area contributed by atoms with Crippen LogP contribution in [0.3, 0.4) is 0 Å². The van der Waals surface area contributed by atoms with Crippen LogP contribution in [0.1, 0.15) is 11.3 Å². The van der Waals surface area contributed by atoms with E-state index in [1.807, 2.05) is 0 Å². The van der Waals surface area contributed by atoms with E-state index in [0.717, 1.165) is 22.3 Å². The lowest BCUT2D eigenvalue weighted by Crippen LogP contribution is -2.06. The van der Waals surface area contributed by atoms with Gasteiger partial charge in [0, 0.05) is 11.9 Å². The molecule has 0 aliphatic heterocycles. The van der Waals surface area contributed by atoms with E-state index in [9.17, 15) is 13.2 Å². The molecule has 23 heavy (non-hydrogen) atoms. The van der Waals surface area contributed by atoms with Crippen molar-refractivity contribution in [3.8, 4) is 17.2 Å². The number of nitrogens with one attached hydrogen (secondary N) is 1. The number of ether oxygens (including phenoxy) is 3. The lowest BCUT2D eigenvalue weighted by atomic mass is 10.2. The topological polar surface area (TPSA) is 52.6 Å². The molecule has 0 fully saturated rings. The quantitative estimate of drug-likeness (QED) is 0.861. The van der Waals surface area contributed by atoms with Crippen LogP contribution in [0.25, 0.3) is 0 Å². The third-order valence-corrected chi connectivity index (χ3v) is 3.76. The number of hydrogen-bond donors (Lipinski definition) is 1. The highest BCUT2D eigenvalue weighted by Gasteiger charge is 2.33. The van der Waals surface area contributed by atoms with Crippen molar-refractivity contribution in [2.75, 3.05) is 26.6 Å². The van der Waals surface area contributed by atoms with Crippen LogP contribution in [0.5, 0.6) is 17.2 Å². The van der Waals surface area contributed by atoms with Crippen LogP contribution in [0.4, 0.5) is 18.3 Å². The van der Waals surface area contributed by atoms with Crippen molar-refractivity contribution in [3.63, 3.8) is 0 Å². The van der Waals surface area contributed by atoms with Crippen molar-refractivity contribution < 1.29 is 27.4 Å². The first kappa shape index (κ1) is 17.2. The van der Waals surface area contributed by atoms with Crippen LogP contribution in [-0.2, 0) is 12.7 Å². The smallest absolute Gasteiger partial charge is 0.434 e. The molecule has 0 radical (unpaired) electrons. The standard InChI is InChI=1S/C14H15F3N2O3S/c1-20-9-4-8(5-10(21-2)12(9)22-3)6-18-13-19-11(7-23-13)14(15,16)17/h4-5,7H,6H2,1-3H3,(H,18,19). The molecule has 0 aliphatic rings. The molecule has 126 valence electrons. The van der Waals surface area contributed by atoms with Crippen molar-refractivity contribution in [2.45, 2.75) is 12.7 Å². The number of thiazole rings is 1. The lowest BCUT2D eigenvalue weighted by Gasteiger charge is -2.14. The van der Waals surface area contributed by atoms with Crippen LogP contribution in [0.2, 0.25) is 0 Å². The van der Waals surface area contributed by atoms with E-state index in [2.05, 4.69) is 10.3 Å². The Kier molecular flexibility index (Phi) is 5.19. The predicted molar refractivity (Wildman–Crippen MR) is 80.5 cm³/mol. The number of benzene rings is 1. The van der Waals surface area contributed by atoms with Crippen LogP contribution >= 0.6 is 11.3 Å². The Labute approximate surface area is 135 Å². The first-order chi connectivity index (χ1) is 10.9. The van der Waals surface area contributed by atoms with Crippen LogP contribution in [0, 0.1) is 0 Å². The summed E-state index contributed by atoms with van der Waals surface area (Å²) in [4.78, 5) is 3.51. The summed E-state index contributed by atoms with van der Waals surface area (Å²) in [7, 11) is 4.47. The van der Waals surface area contributed by atoms with Crippen molar-refractivity contribution in [2.24, 2.45) is 0 Å². The van der Waals surface area contributed by atoms with E-state index in [0.29, 0.717) is 17.2 Å². The second-order valence-electron chi connectivity index (χ2n) is 4.42. The SMILES string of the molecule is COc1cc(CNc2nc(C(F)(F)F)cs2)cc(OC)c1OC. The van der Waals surface area contributed by atoms with Crippen LogP contribution < -0.4 is 19.5 Å². The molecule has 0 spiro atoms. The zero-order chi connectivity index (χ0) is 17.0. The summed E-state index contributed by atoms with van der Waals surface area (Å²) in [5, 5.41) is 4.00. The Bertz CT molecular complexity index is 649. The van der Waals surface area contributed by atoms with Gasteiger partial charge < -0.3 is 19.5 Å². The number of anilines is 1. The first-order valence-electron chi connectivity index (χ1n) is 6.44. The monoisotopic (exact) mass is 348 g/mol. The molecule has 1 N–H and O–H groups in total. The average molecular weight is 348 g/mol. The summed E-state index contributed by atoms with van der Waals surface area (Å²) < 4.78 is 53.2. The van der Waals surface area contributed by atoms with Crippen molar-refractivity contribution in [3.05, 3.63) is 28.8 Å². The summed E-state index contributed by atoms with van der Waals surface area (Å²) in [5.74, 6) is 1.39. The highest BCUT2D eigenvalue weighted by molar-refractivity contribution is 7.13. The van der Waals surface area contributed by atoms with E-state index in [-0.39, 0.29) is 11.7 Å². The van der Waals surface area contributed by atoms with Crippen molar-refractivity contribution in [1.82, 2.24) is 4.98 Å². The molecule has 0 saturated heterocycles. The molecule has 0 unspecified atom stereocenters. The molecule has 1 aromatic heterocycles. The lowest BCUT2D eigenvalue weighted by molar-refractivity contribution is -0.140. The number of alkyl halides is 3. The molecule has 0 amide bonds. The van der Waals surface area contributed by atoms with E-state index in [4.69, 9.17) is 14.2 Å². The van der Waals surface area contributed by atoms with Gasteiger partial charge in [-0.2, -0.15) is 13.2 Å². The van der Waals surface area contributed by atoms with E-state index < -0.39 is 11.9 Å². The largest absolute Gasteiger partial charge is 0.493 e. The van der Waals surface area contributed by atoms with Crippen LogP contribution in [0.15, 0.2) is 17.5 Å². The fourth-order valence-corrected chi connectivity index (χ4v) is 2.62. The van der Waals surface area contributed by atoms with Gasteiger partial charge in [-0.25, -0.2) is 4.98 Å². The molecular weight excluding hydrogens is 333 g/mol. The maximum atomic E-state index is 12.5. The zero-order valence-corrected chi connectivity index (χ0v) is 13.5. The minimum absolute atomic E-state index is 0.186. The second-order valence-corrected chi connectivity index (χ2v) is 5.28. The molecule has 0 bridgehead atoms. The number of aromatic nitrogens is 1. The Balaban J connectivity index is 2.16. The van der Waals surface area contributed by atoms with E-state index >= 15 is 0 Å². The zero-order valence-electron chi connectivity index (χ0n) is 12.7. The molecule has 0 aliphatic carbocycles. The van der Waals surface area contributed by atoms with Gasteiger partial charge in [0.25, 0.3) is 0 Å². The van der Waals surface area contributed by atoms with E-state index in [1.54, 1.807) is 12.1 Å². The van der Waals surface area contributed by atoms with E-state index in [1.165, 1.54) is 21.3 Å². The number of nitrogens with zero attached hydrogens (tertiary/aromatic N) is 1. The van der Waals surface area contributed by atoms with Gasteiger partial charge in [-0.3, -0.25) is 0 Å². The summed E-state index contributed by atoms with van der Waals surface area (Å²) >= 11 is 0.894. The molecule has 1 heterocycles. The predicted octanol–water partition coefficient (Wildman–Crippen LogP) is 3.80. The van der Waals surface area contributed by atoms with Gasteiger partial charge in [-0.15, -0.1) is 11.3 Å². The minimum Gasteiger partial charge on any atom is -0.493 e. The maximum Gasteiger partial charge on any atom is 0.434 e. The molecule has 5 nitrogen and oxygen atoms in total. The highest BCUT2D eigenvalue weighted by Crippen LogP contribution is 2.38. The molecule has 0 saturated carbocycles. The van der Waals surface area contributed by atoms with Gasteiger partial charge in [0.2, 0.25) is 5.75 Å². The Morgan fingerprint density at radius 2 is 1.70 bits per heavy atom. The van der Waals surface area contributed by atoms with Gasteiger partial charge in [-0.1, -0.05) is 0 Å². The van der Waals surface area contributed by atoms with Crippen molar-refractivity contribution >= 4 is 16.5 Å². The molecular formula is C14H15F3N2O3S. The third kappa shape index (κ3) is 3.98. The molecule has 0 atom stereocenters. The van der Waals surface area contributed by atoms with Gasteiger partial charge in [0.05, 0.1) is 21.3 Å². The fraction of sp³-hybridized carbons (Fsp3) is 0.357.